The van der Waals surface area contributed by atoms with Crippen molar-refractivity contribution in [3.8, 4) is 0 Å². The van der Waals surface area contributed by atoms with E-state index in [1.807, 2.05) is 32.0 Å². The Morgan fingerprint density at radius 3 is 2.46 bits per heavy atom. The first-order valence-corrected chi connectivity index (χ1v) is 9.89. The molecule has 0 bridgehead atoms. The molecule has 0 saturated heterocycles. The molecule has 2 rings (SSSR count). The third-order valence-corrected chi connectivity index (χ3v) is 6.03. The van der Waals surface area contributed by atoms with Gasteiger partial charge in [0.2, 0.25) is 10.0 Å². The minimum atomic E-state index is -3.44. The van der Waals surface area contributed by atoms with E-state index < -0.39 is 10.0 Å². The quantitative estimate of drug-likeness (QED) is 0.658. The zero-order chi connectivity index (χ0) is 17.6. The van der Waals surface area contributed by atoms with Crippen LogP contribution in [0.5, 0.6) is 0 Å². The number of hydrogen-bond acceptors (Lipinski definition) is 4. The van der Waals surface area contributed by atoms with Gasteiger partial charge in [0.05, 0.1) is 0 Å². The van der Waals surface area contributed by atoms with Gasteiger partial charge in [-0.25, -0.2) is 17.9 Å². The number of thiophene rings is 1. The first-order chi connectivity index (χ1) is 11.4. The number of carbonyl (C=O) groups is 1. The molecule has 2 aromatic rings. The maximum Gasteiger partial charge on any atom is 0.319 e. The summed E-state index contributed by atoms with van der Waals surface area (Å²) < 4.78 is 26.6. The lowest BCUT2D eigenvalue weighted by molar-refractivity contribution is 0.252. The van der Waals surface area contributed by atoms with Gasteiger partial charge in [-0.15, -0.1) is 11.3 Å². The van der Waals surface area contributed by atoms with Crippen molar-refractivity contribution in [2.24, 2.45) is 0 Å². The van der Waals surface area contributed by atoms with Crippen molar-refractivity contribution in [3.05, 3.63) is 46.8 Å². The van der Waals surface area contributed by atoms with Crippen molar-refractivity contribution < 1.29 is 13.2 Å². The molecule has 0 radical (unpaired) electrons. The molecule has 0 aliphatic heterocycles. The third-order valence-electron chi connectivity index (χ3n) is 3.17. The van der Waals surface area contributed by atoms with Crippen LogP contribution in [0.25, 0.3) is 0 Å². The first kappa shape index (κ1) is 18.4. The monoisotopic (exact) mass is 367 g/mol. The van der Waals surface area contributed by atoms with Gasteiger partial charge in [-0.1, -0.05) is 12.1 Å². The summed E-state index contributed by atoms with van der Waals surface area (Å²) in [6, 6.07) is 8.76. The van der Waals surface area contributed by atoms with Gasteiger partial charge in [0, 0.05) is 18.8 Å². The summed E-state index contributed by atoms with van der Waals surface area (Å²) in [5, 5.41) is 7.19. The molecule has 130 valence electrons. The topological polar surface area (TPSA) is 87.3 Å². The molecular formula is C16H21N3O3S2. The van der Waals surface area contributed by atoms with Crippen LogP contribution in [0.4, 0.5) is 10.5 Å². The molecule has 8 heteroatoms. The third kappa shape index (κ3) is 5.63. The summed E-state index contributed by atoms with van der Waals surface area (Å²) >= 11 is 1.17. The Kier molecular flexibility index (Phi) is 6.36. The van der Waals surface area contributed by atoms with Gasteiger partial charge in [0.25, 0.3) is 0 Å². The zero-order valence-corrected chi connectivity index (χ0v) is 15.3. The van der Waals surface area contributed by atoms with Crippen molar-refractivity contribution >= 4 is 33.1 Å². The fraction of sp³-hybridized carbons (Fsp3) is 0.312. The largest absolute Gasteiger partial charge is 0.338 e. The number of benzene rings is 1. The van der Waals surface area contributed by atoms with E-state index in [4.69, 9.17) is 0 Å². The molecule has 0 spiro atoms. The van der Waals surface area contributed by atoms with E-state index in [-0.39, 0.29) is 12.6 Å². The highest BCUT2D eigenvalue weighted by Crippen LogP contribution is 2.15. The van der Waals surface area contributed by atoms with Crippen LogP contribution in [-0.4, -0.2) is 27.5 Å². The van der Waals surface area contributed by atoms with Gasteiger partial charge in [0.15, 0.2) is 0 Å². The van der Waals surface area contributed by atoms with E-state index in [1.165, 1.54) is 11.3 Å². The van der Waals surface area contributed by atoms with E-state index in [0.29, 0.717) is 17.2 Å². The van der Waals surface area contributed by atoms with E-state index in [0.717, 1.165) is 16.8 Å². The van der Waals surface area contributed by atoms with Gasteiger partial charge in [-0.05, 0) is 55.0 Å². The van der Waals surface area contributed by atoms with Crippen molar-refractivity contribution in [1.82, 2.24) is 10.0 Å². The standard InChI is InChI=1S/C16H21N3O3S2/c1-12-9-13(2)11-14(10-12)19-16(20)17-6-4-7-18-24(21,22)15-5-3-8-23-15/h3,5,8-11,18H,4,6-7H2,1-2H3,(H2,17,19,20). The molecule has 1 heterocycles. The van der Waals surface area contributed by atoms with Crippen LogP contribution in [0, 0.1) is 13.8 Å². The SMILES string of the molecule is Cc1cc(C)cc(NC(=O)NCCCNS(=O)(=O)c2cccs2)c1. The van der Waals surface area contributed by atoms with Crippen LogP contribution < -0.4 is 15.4 Å². The van der Waals surface area contributed by atoms with Crippen LogP contribution in [0.3, 0.4) is 0 Å². The summed E-state index contributed by atoms with van der Waals surface area (Å²) in [5.74, 6) is 0. The van der Waals surface area contributed by atoms with Gasteiger partial charge in [-0.3, -0.25) is 0 Å². The lowest BCUT2D eigenvalue weighted by atomic mass is 10.1. The first-order valence-electron chi connectivity index (χ1n) is 7.53. The normalized spacial score (nSPS) is 11.2. The highest BCUT2D eigenvalue weighted by molar-refractivity contribution is 7.91. The number of carbonyl (C=O) groups excluding carboxylic acids is 1. The summed E-state index contributed by atoms with van der Waals surface area (Å²) in [4.78, 5) is 11.8. The van der Waals surface area contributed by atoms with Crippen molar-refractivity contribution in [2.45, 2.75) is 24.5 Å². The molecule has 1 aromatic carbocycles. The minimum Gasteiger partial charge on any atom is -0.338 e. The molecule has 0 unspecified atom stereocenters. The highest BCUT2D eigenvalue weighted by Gasteiger charge is 2.13. The number of amides is 2. The van der Waals surface area contributed by atoms with Crippen molar-refractivity contribution in [2.75, 3.05) is 18.4 Å². The Bertz CT molecular complexity index is 767. The van der Waals surface area contributed by atoms with Crippen molar-refractivity contribution in [1.29, 1.82) is 0 Å². The number of urea groups is 1. The van der Waals surface area contributed by atoms with E-state index >= 15 is 0 Å². The fourth-order valence-corrected chi connectivity index (χ4v) is 4.32. The van der Waals surface area contributed by atoms with Gasteiger partial charge < -0.3 is 10.6 Å². The van der Waals surface area contributed by atoms with Crippen molar-refractivity contribution in [3.63, 3.8) is 0 Å². The number of aryl methyl sites for hydroxylation is 2. The van der Waals surface area contributed by atoms with E-state index in [9.17, 15) is 13.2 Å². The number of rotatable bonds is 7. The lowest BCUT2D eigenvalue weighted by Crippen LogP contribution is -2.32. The van der Waals surface area contributed by atoms with Gasteiger partial charge in [-0.2, -0.15) is 0 Å². The molecule has 0 fully saturated rings. The summed E-state index contributed by atoms with van der Waals surface area (Å²) in [7, 11) is -3.44. The number of hydrogen-bond donors (Lipinski definition) is 3. The van der Waals surface area contributed by atoms with E-state index in [2.05, 4.69) is 15.4 Å². The number of sulfonamides is 1. The molecule has 3 N–H and O–H groups in total. The van der Waals surface area contributed by atoms with Crippen LogP contribution in [0.1, 0.15) is 17.5 Å². The molecule has 2 amide bonds. The number of anilines is 1. The fourth-order valence-electron chi connectivity index (χ4n) is 2.21. The van der Waals surface area contributed by atoms with Crippen LogP contribution in [0.15, 0.2) is 39.9 Å². The molecule has 6 nitrogen and oxygen atoms in total. The molecule has 1 aromatic heterocycles. The Morgan fingerprint density at radius 1 is 1.12 bits per heavy atom. The number of nitrogens with one attached hydrogen (secondary N) is 3. The second kappa shape index (κ2) is 8.27. The van der Waals surface area contributed by atoms with Gasteiger partial charge in [0.1, 0.15) is 4.21 Å². The Morgan fingerprint density at radius 2 is 1.83 bits per heavy atom. The van der Waals surface area contributed by atoms with Gasteiger partial charge >= 0.3 is 6.03 Å². The summed E-state index contributed by atoms with van der Waals surface area (Å²) in [5.41, 5.74) is 2.89. The molecule has 0 atom stereocenters. The average molecular weight is 367 g/mol. The molecule has 24 heavy (non-hydrogen) atoms. The Hall–Kier alpha value is -1.90. The van der Waals surface area contributed by atoms with Crippen LogP contribution in [-0.2, 0) is 10.0 Å². The Balaban J connectivity index is 1.70. The Labute approximate surface area is 146 Å². The predicted octanol–water partition coefficient (Wildman–Crippen LogP) is 2.86. The lowest BCUT2D eigenvalue weighted by Gasteiger charge is -2.09. The van der Waals surface area contributed by atoms with E-state index in [1.54, 1.807) is 17.5 Å². The minimum absolute atomic E-state index is 0.268. The maximum absolute atomic E-state index is 11.9. The van der Waals surface area contributed by atoms with Crippen LogP contribution >= 0.6 is 11.3 Å². The highest BCUT2D eigenvalue weighted by atomic mass is 32.2. The zero-order valence-electron chi connectivity index (χ0n) is 13.6. The summed E-state index contributed by atoms with van der Waals surface area (Å²) in [6.07, 6.45) is 0.505. The smallest absolute Gasteiger partial charge is 0.319 e. The molecular weight excluding hydrogens is 346 g/mol. The second-order valence-electron chi connectivity index (χ2n) is 5.44. The second-order valence-corrected chi connectivity index (χ2v) is 8.38. The summed E-state index contributed by atoms with van der Waals surface area (Å²) in [6.45, 7) is 4.58. The molecule has 0 aliphatic carbocycles. The average Bonchev–Trinajstić information content (AvgIpc) is 3.00. The van der Waals surface area contributed by atoms with Crippen LogP contribution in [0.2, 0.25) is 0 Å². The maximum atomic E-state index is 11.9. The predicted molar refractivity (Wildman–Crippen MR) is 97.1 cm³/mol. The molecule has 0 saturated carbocycles. The molecule has 0 aliphatic rings.